The van der Waals surface area contributed by atoms with Crippen molar-refractivity contribution in [3.63, 3.8) is 0 Å². The highest BCUT2D eigenvalue weighted by molar-refractivity contribution is 7.14. The van der Waals surface area contributed by atoms with Crippen molar-refractivity contribution < 1.29 is 0 Å². The molecule has 2 aromatic heterocycles. The number of thiazole rings is 2. The zero-order valence-electron chi connectivity index (χ0n) is 9.52. The van der Waals surface area contributed by atoms with Crippen molar-refractivity contribution in [2.75, 3.05) is 30.9 Å². The van der Waals surface area contributed by atoms with Crippen LogP contribution in [0.2, 0.25) is 0 Å². The van der Waals surface area contributed by atoms with Gasteiger partial charge in [-0.1, -0.05) is 0 Å². The third-order valence-electron chi connectivity index (χ3n) is 1.97. The van der Waals surface area contributed by atoms with Crippen molar-refractivity contribution in [3.05, 3.63) is 10.8 Å². The van der Waals surface area contributed by atoms with Gasteiger partial charge >= 0.3 is 0 Å². The standard InChI is InChI=1S/C10H14N4S2/c1-4-11-9-12-7(5-15-9)8-6-16-10(13-8)14(2)3/h5-6H,4H2,1-3H3,(H,11,12). The maximum atomic E-state index is 4.51. The fourth-order valence-corrected chi connectivity index (χ4v) is 2.74. The summed E-state index contributed by atoms with van der Waals surface area (Å²) in [7, 11) is 3.99. The summed E-state index contributed by atoms with van der Waals surface area (Å²) in [5.41, 5.74) is 1.90. The molecule has 4 nitrogen and oxygen atoms in total. The number of nitrogens with zero attached hydrogens (tertiary/aromatic N) is 3. The first-order valence-corrected chi connectivity index (χ1v) is 6.79. The number of aromatic nitrogens is 2. The number of hydrogen-bond donors (Lipinski definition) is 1. The lowest BCUT2D eigenvalue weighted by atomic mass is 10.4. The summed E-state index contributed by atoms with van der Waals surface area (Å²) in [6.07, 6.45) is 0. The molecule has 2 heterocycles. The fraction of sp³-hybridized carbons (Fsp3) is 0.400. The maximum absolute atomic E-state index is 4.51. The summed E-state index contributed by atoms with van der Waals surface area (Å²) in [6, 6.07) is 0. The van der Waals surface area contributed by atoms with Crippen molar-refractivity contribution in [3.8, 4) is 11.4 Å². The molecule has 0 amide bonds. The van der Waals surface area contributed by atoms with Gasteiger partial charge in [0.2, 0.25) is 0 Å². The Kier molecular flexibility index (Phi) is 3.40. The smallest absolute Gasteiger partial charge is 0.185 e. The first-order chi connectivity index (χ1) is 7.70. The first kappa shape index (κ1) is 11.3. The van der Waals surface area contributed by atoms with Gasteiger partial charge in [0.05, 0.1) is 0 Å². The van der Waals surface area contributed by atoms with Crippen LogP contribution in [0.4, 0.5) is 10.3 Å². The van der Waals surface area contributed by atoms with Crippen molar-refractivity contribution in [1.29, 1.82) is 0 Å². The van der Waals surface area contributed by atoms with Crippen LogP contribution in [0.15, 0.2) is 10.8 Å². The third-order valence-corrected chi connectivity index (χ3v) is 3.78. The van der Waals surface area contributed by atoms with Gasteiger partial charge in [-0.05, 0) is 6.92 Å². The Bertz CT molecular complexity index is 461. The van der Waals surface area contributed by atoms with Gasteiger partial charge in [0, 0.05) is 31.4 Å². The van der Waals surface area contributed by atoms with E-state index >= 15 is 0 Å². The average Bonchev–Trinajstić information content (AvgIpc) is 2.84. The van der Waals surface area contributed by atoms with Gasteiger partial charge in [-0.25, -0.2) is 9.97 Å². The van der Waals surface area contributed by atoms with Crippen LogP contribution in [0.25, 0.3) is 11.4 Å². The van der Waals surface area contributed by atoms with E-state index in [1.54, 1.807) is 22.7 Å². The molecule has 0 aliphatic rings. The highest BCUT2D eigenvalue weighted by Crippen LogP contribution is 2.28. The maximum Gasteiger partial charge on any atom is 0.185 e. The van der Waals surface area contributed by atoms with Crippen LogP contribution in [0.1, 0.15) is 6.92 Å². The van der Waals surface area contributed by atoms with Crippen LogP contribution in [0.3, 0.4) is 0 Å². The predicted molar refractivity (Wildman–Crippen MR) is 71.7 cm³/mol. The van der Waals surface area contributed by atoms with Crippen LogP contribution in [0.5, 0.6) is 0 Å². The van der Waals surface area contributed by atoms with Gasteiger partial charge in [-0.2, -0.15) is 0 Å². The SMILES string of the molecule is CCNc1nc(-c2csc(N(C)C)n2)cs1. The Hall–Kier alpha value is -1.14. The van der Waals surface area contributed by atoms with Crippen LogP contribution in [-0.4, -0.2) is 30.6 Å². The number of anilines is 2. The summed E-state index contributed by atoms with van der Waals surface area (Å²) >= 11 is 3.25. The van der Waals surface area contributed by atoms with Gasteiger partial charge < -0.3 is 10.2 Å². The quantitative estimate of drug-likeness (QED) is 0.911. The van der Waals surface area contributed by atoms with Crippen LogP contribution in [0, 0.1) is 0 Å². The van der Waals surface area contributed by atoms with E-state index in [9.17, 15) is 0 Å². The largest absolute Gasteiger partial charge is 0.362 e. The van der Waals surface area contributed by atoms with E-state index in [1.807, 2.05) is 29.8 Å². The molecule has 0 atom stereocenters. The van der Waals surface area contributed by atoms with E-state index in [0.29, 0.717) is 0 Å². The molecule has 0 fully saturated rings. The molecule has 0 aliphatic carbocycles. The van der Waals surface area contributed by atoms with Crippen molar-refractivity contribution >= 4 is 32.9 Å². The molecule has 0 radical (unpaired) electrons. The molecule has 6 heteroatoms. The lowest BCUT2D eigenvalue weighted by Gasteiger charge is -2.05. The minimum atomic E-state index is 0.896. The second kappa shape index (κ2) is 4.80. The molecule has 86 valence electrons. The zero-order valence-corrected chi connectivity index (χ0v) is 11.2. The number of nitrogens with one attached hydrogen (secondary N) is 1. The molecule has 2 aromatic rings. The normalized spacial score (nSPS) is 10.4. The highest BCUT2D eigenvalue weighted by atomic mass is 32.1. The van der Waals surface area contributed by atoms with Crippen molar-refractivity contribution in [2.24, 2.45) is 0 Å². The minimum Gasteiger partial charge on any atom is -0.362 e. The molecular weight excluding hydrogens is 240 g/mol. The van der Waals surface area contributed by atoms with E-state index in [2.05, 4.69) is 22.2 Å². The molecule has 0 aromatic carbocycles. The molecular formula is C10H14N4S2. The van der Waals surface area contributed by atoms with Gasteiger partial charge in [0.25, 0.3) is 0 Å². The lowest BCUT2D eigenvalue weighted by molar-refractivity contribution is 1.10. The Morgan fingerprint density at radius 2 is 1.88 bits per heavy atom. The van der Waals surface area contributed by atoms with Crippen molar-refractivity contribution in [2.45, 2.75) is 6.92 Å². The van der Waals surface area contributed by atoms with Crippen LogP contribution >= 0.6 is 22.7 Å². The van der Waals surface area contributed by atoms with E-state index < -0.39 is 0 Å². The molecule has 0 bridgehead atoms. The Morgan fingerprint density at radius 1 is 1.19 bits per heavy atom. The highest BCUT2D eigenvalue weighted by Gasteiger charge is 2.09. The van der Waals surface area contributed by atoms with E-state index in [0.717, 1.165) is 28.2 Å². The predicted octanol–water partition coefficient (Wildman–Crippen LogP) is 2.76. The molecule has 0 unspecified atom stereocenters. The van der Waals surface area contributed by atoms with Gasteiger partial charge in [-0.15, -0.1) is 22.7 Å². The molecule has 0 saturated heterocycles. The van der Waals surface area contributed by atoms with Gasteiger partial charge in [0.15, 0.2) is 10.3 Å². The summed E-state index contributed by atoms with van der Waals surface area (Å²) in [4.78, 5) is 11.0. The van der Waals surface area contributed by atoms with Crippen LogP contribution in [-0.2, 0) is 0 Å². The Balaban J connectivity index is 2.21. The van der Waals surface area contributed by atoms with Gasteiger partial charge in [0.1, 0.15) is 11.4 Å². The summed E-state index contributed by atoms with van der Waals surface area (Å²) in [6.45, 7) is 2.96. The monoisotopic (exact) mass is 254 g/mol. The van der Waals surface area contributed by atoms with Crippen LogP contribution < -0.4 is 10.2 Å². The Labute approximate surface area is 103 Å². The molecule has 1 N–H and O–H groups in total. The summed E-state index contributed by atoms with van der Waals surface area (Å²) in [5, 5.41) is 9.24. The third kappa shape index (κ3) is 2.33. The van der Waals surface area contributed by atoms with E-state index in [-0.39, 0.29) is 0 Å². The molecule has 2 rings (SSSR count). The molecule has 0 saturated carbocycles. The zero-order chi connectivity index (χ0) is 11.5. The second-order valence-corrected chi connectivity index (χ2v) is 5.17. The summed E-state index contributed by atoms with van der Waals surface area (Å²) in [5.74, 6) is 0. The fourth-order valence-electron chi connectivity index (χ4n) is 1.21. The number of rotatable bonds is 4. The van der Waals surface area contributed by atoms with E-state index in [1.165, 1.54) is 0 Å². The lowest BCUT2D eigenvalue weighted by Crippen LogP contribution is -2.07. The molecule has 0 aliphatic heterocycles. The number of hydrogen-bond acceptors (Lipinski definition) is 6. The molecule has 0 spiro atoms. The average molecular weight is 254 g/mol. The Morgan fingerprint density at radius 3 is 2.50 bits per heavy atom. The van der Waals surface area contributed by atoms with Gasteiger partial charge in [-0.3, -0.25) is 0 Å². The summed E-state index contributed by atoms with van der Waals surface area (Å²) < 4.78 is 0. The molecule has 16 heavy (non-hydrogen) atoms. The van der Waals surface area contributed by atoms with Crippen molar-refractivity contribution in [1.82, 2.24) is 9.97 Å². The first-order valence-electron chi connectivity index (χ1n) is 5.03. The van der Waals surface area contributed by atoms with E-state index in [4.69, 9.17) is 0 Å². The second-order valence-electron chi connectivity index (χ2n) is 3.48. The minimum absolute atomic E-state index is 0.896. The topological polar surface area (TPSA) is 41.1 Å².